The van der Waals surface area contributed by atoms with E-state index in [4.69, 9.17) is 6.42 Å². The van der Waals surface area contributed by atoms with E-state index in [0.29, 0.717) is 31.8 Å². The number of unbranched alkanes of at least 4 members (excludes halogenated alkanes) is 1. The average Bonchev–Trinajstić information content (AvgIpc) is 2.33. The number of Topliss-reactive ketones (excluding diaryl/α,β-unsaturated/α-hetero) is 1. The molecule has 0 amide bonds. The van der Waals surface area contributed by atoms with Crippen LogP contribution in [0, 0.1) is 12.3 Å². The Kier molecular flexibility index (Phi) is 9.99. The summed E-state index contributed by atoms with van der Waals surface area (Å²) in [5, 5.41) is 3.03. The highest BCUT2D eigenvalue weighted by Crippen LogP contribution is 1.97. The third kappa shape index (κ3) is 8.77. The van der Waals surface area contributed by atoms with Crippen LogP contribution in [0.5, 0.6) is 0 Å². The number of nitrogens with zero attached hydrogens (tertiary/aromatic N) is 2. The first-order chi connectivity index (χ1) is 8.61. The number of carbonyl (C=O) groups excluding carboxylic acids is 1. The molecule has 102 valence electrons. The van der Waals surface area contributed by atoms with E-state index < -0.39 is 0 Å². The highest BCUT2D eigenvalue weighted by molar-refractivity contribution is 6.38. The molecule has 0 fully saturated rings. The quantitative estimate of drug-likeness (QED) is 0.291. The van der Waals surface area contributed by atoms with Crippen LogP contribution in [0.25, 0.3) is 0 Å². The zero-order valence-electron chi connectivity index (χ0n) is 11.8. The first-order valence-corrected chi connectivity index (χ1v) is 6.51. The number of hydrogen-bond acceptors (Lipinski definition) is 3. The van der Waals surface area contributed by atoms with Crippen molar-refractivity contribution < 1.29 is 4.79 Å². The summed E-state index contributed by atoms with van der Waals surface area (Å²) in [6, 6.07) is 0. The molecular formula is C14H25N3O. The molecular weight excluding hydrogens is 226 g/mol. The first-order valence-electron chi connectivity index (χ1n) is 6.51. The molecule has 1 N–H and O–H groups in total. The van der Waals surface area contributed by atoms with Crippen LogP contribution < -0.4 is 5.32 Å². The number of ketones is 1. The maximum absolute atomic E-state index is 11.9. The summed E-state index contributed by atoms with van der Waals surface area (Å²) in [6.45, 7) is 4.34. The second kappa shape index (κ2) is 10.8. The van der Waals surface area contributed by atoms with Gasteiger partial charge < -0.3 is 10.2 Å². The van der Waals surface area contributed by atoms with Crippen molar-refractivity contribution in [3.63, 3.8) is 0 Å². The van der Waals surface area contributed by atoms with Crippen LogP contribution >= 0.6 is 0 Å². The summed E-state index contributed by atoms with van der Waals surface area (Å²) >= 11 is 0. The van der Waals surface area contributed by atoms with Gasteiger partial charge in [0.05, 0.1) is 0 Å². The fourth-order valence-electron chi connectivity index (χ4n) is 1.46. The van der Waals surface area contributed by atoms with E-state index in [0.717, 1.165) is 19.4 Å². The normalized spacial score (nSPS) is 11.4. The zero-order valence-corrected chi connectivity index (χ0v) is 11.8. The predicted molar refractivity (Wildman–Crippen MR) is 76.8 cm³/mol. The molecule has 0 aliphatic carbocycles. The minimum atomic E-state index is 0.0666. The molecule has 0 aromatic carbocycles. The van der Waals surface area contributed by atoms with E-state index in [9.17, 15) is 4.79 Å². The lowest BCUT2D eigenvalue weighted by atomic mass is 10.1. The average molecular weight is 251 g/mol. The number of carbonyl (C=O) groups is 1. The summed E-state index contributed by atoms with van der Waals surface area (Å²) < 4.78 is 0. The van der Waals surface area contributed by atoms with Crippen LogP contribution in [-0.4, -0.2) is 50.2 Å². The van der Waals surface area contributed by atoms with Crippen LogP contribution in [0.3, 0.4) is 0 Å². The highest BCUT2D eigenvalue weighted by atomic mass is 16.1. The minimum absolute atomic E-state index is 0.0666. The van der Waals surface area contributed by atoms with Crippen LogP contribution in [0.4, 0.5) is 0 Å². The summed E-state index contributed by atoms with van der Waals surface area (Å²) in [5.41, 5.74) is 0. The van der Waals surface area contributed by atoms with E-state index in [1.165, 1.54) is 0 Å². The van der Waals surface area contributed by atoms with Gasteiger partial charge in [0.25, 0.3) is 0 Å². The number of aliphatic imine (C=N–C) groups is 1. The van der Waals surface area contributed by atoms with E-state index in [1.807, 2.05) is 21.0 Å². The van der Waals surface area contributed by atoms with Gasteiger partial charge in [0.15, 0.2) is 11.6 Å². The molecule has 0 rings (SSSR count). The monoisotopic (exact) mass is 251 g/mol. The van der Waals surface area contributed by atoms with Crippen LogP contribution in [0.1, 0.15) is 32.6 Å². The Hall–Kier alpha value is -1.34. The lowest BCUT2D eigenvalue weighted by molar-refractivity contribution is -0.113. The molecule has 4 nitrogen and oxygen atoms in total. The van der Waals surface area contributed by atoms with E-state index >= 15 is 0 Å². The molecule has 0 radical (unpaired) electrons. The summed E-state index contributed by atoms with van der Waals surface area (Å²) in [6.07, 6.45) is 7.98. The number of hydrogen-bond donors (Lipinski definition) is 1. The Balaban J connectivity index is 4.14. The molecule has 18 heavy (non-hydrogen) atoms. The first kappa shape index (κ1) is 16.7. The van der Waals surface area contributed by atoms with E-state index in [1.54, 1.807) is 0 Å². The number of rotatable bonds is 9. The van der Waals surface area contributed by atoms with Gasteiger partial charge in [-0.15, -0.1) is 12.3 Å². The van der Waals surface area contributed by atoms with Gasteiger partial charge in [0, 0.05) is 25.9 Å². The van der Waals surface area contributed by atoms with Crippen molar-refractivity contribution in [2.24, 2.45) is 4.99 Å². The molecule has 0 atom stereocenters. The van der Waals surface area contributed by atoms with Gasteiger partial charge in [0.2, 0.25) is 0 Å². The molecule has 0 aromatic rings. The molecule has 4 heteroatoms. The fourth-order valence-corrected chi connectivity index (χ4v) is 1.46. The van der Waals surface area contributed by atoms with Gasteiger partial charge in [0.1, 0.15) is 0 Å². The van der Waals surface area contributed by atoms with Crippen LogP contribution in [0.2, 0.25) is 0 Å². The van der Waals surface area contributed by atoms with E-state index in [2.05, 4.69) is 21.1 Å². The summed E-state index contributed by atoms with van der Waals surface area (Å²) in [4.78, 5) is 18.3. The van der Waals surface area contributed by atoms with Crippen molar-refractivity contribution in [3.8, 4) is 12.3 Å². The van der Waals surface area contributed by atoms with Gasteiger partial charge >= 0.3 is 0 Å². The lowest BCUT2D eigenvalue weighted by Gasteiger charge is -2.09. The predicted octanol–water partition coefficient (Wildman–Crippen LogP) is 1.32. The Morgan fingerprint density at radius 2 is 2.11 bits per heavy atom. The fraction of sp³-hybridized carbons (Fsp3) is 0.714. The number of nitrogens with one attached hydrogen (secondary N) is 1. The topological polar surface area (TPSA) is 44.7 Å². The second-order valence-corrected chi connectivity index (χ2v) is 4.40. The number of terminal acetylenes is 1. The SMILES string of the molecule is C#CCCCC(=O)C(=NCCCN(C)C)NCC. The van der Waals surface area contributed by atoms with Crippen molar-refractivity contribution in [1.82, 2.24) is 10.2 Å². The van der Waals surface area contributed by atoms with Gasteiger partial charge in [-0.05, 0) is 40.4 Å². The number of likely N-dealkylation sites (N-methyl/N-ethyl adjacent to an activating group) is 1. The second-order valence-electron chi connectivity index (χ2n) is 4.40. The maximum Gasteiger partial charge on any atom is 0.197 e. The number of amidine groups is 1. The smallest absolute Gasteiger partial charge is 0.197 e. The minimum Gasteiger partial charge on any atom is -0.368 e. The van der Waals surface area contributed by atoms with Gasteiger partial charge in [-0.3, -0.25) is 9.79 Å². The Bertz CT molecular complexity index is 303. The van der Waals surface area contributed by atoms with Crippen molar-refractivity contribution in [3.05, 3.63) is 0 Å². The Morgan fingerprint density at radius 1 is 1.39 bits per heavy atom. The van der Waals surface area contributed by atoms with Crippen molar-refractivity contribution in [1.29, 1.82) is 0 Å². The highest BCUT2D eigenvalue weighted by Gasteiger charge is 2.09. The third-order valence-corrected chi connectivity index (χ3v) is 2.37. The van der Waals surface area contributed by atoms with Gasteiger partial charge in [-0.1, -0.05) is 0 Å². The molecule has 0 aromatic heterocycles. The molecule has 0 aliphatic rings. The molecule has 0 unspecified atom stereocenters. The zero-order chi connectivity index (χ0) is 13.8. The van der Waals surface area contributed by atoms with Gasteiger partial charge in [-0.25, -0.2) is 0 Å². The summed E-state index contributed by atoms with van der Waals surface area (Å²) in [5.74, 6) is 3.12. The van der Waals surface area contributed by atoms with Crippen LogP contribution in [-0.2, 0) is 4.79 Å². The maximum atomic E-state index is 11.9. The Morgan fingerprint density at radius 3 is 2.67 bits per heavy atom. The molecule has 0 bridgehead atoms. The third-order valence-electron chi connectivity index (χ3n) is 2.37. The molecule has 0 saturated heterocycles. The standard InChI is InChI=1S/C14H25N3O/c1-5-7-8-10-13(18)14(15-6-2)16-11-9-12-17(3)4/h1H,6-12H2,2-4H3,(H,15,16). The summed E-state index contributed by atoms with van der Waals surface area (Å²) in [7, 11) is 4.06. The van der Waals surface area contributed by atoms with Crippen molar-refractivity contribution in [2.75, 3.05) is 33.7 Å². The largest absolute Gasteiger partial charge is 0.368 e. The molecule has 0 spiro atoms. The molecule has 0 saturated carbocycles. The Labute approximate surface area is 111 Å². The van der Waals surface area contributed by atoms with Crippen LogP contribution in [0.15, 0.2) is 4.99 Å². The van der Waals surface area contributed by atoms with Crippen molar-refractivity contribution >= 4 is 11.6 Å². The van der Waals surface area contributed by atoms with E-state index in [-0.39, 0.29) is 5.78 Å². The van der Waals surface area contributed by atoms with Gasteiger partial charge in [-0.2, -0.15) is 0 Å². The molecule has 0 heterocycles. The molecule has 0 aliphatic heterocycles. The van der Waals surface area contributed by atoms with Crippen molar-refractivity contribution in [2.45, 2.75) is 32.6 Å². The lowest BCUT2D eigenvalue weighted by Crippen LogP contribution is -2.31.